The number of phenols is 2. The fourth-order valence-electron chi connectivity index (χ4n) is 0.959. The Bertz CT molecular complexity index is 476. The van der Waals surface area contributed by atoms with Crippen molar-refractivity contribution in [3.8, 4) is 11.5 Å². The number of rotatable bonds is 2. The lowest BCUT2D eigenvalue weighted by Crippen LogP contribution is -1.98. The maximum Gasteiger partial charge on any atom is 0.236 e. The van der Waals surface area contributed by atoms with Gasteiger partial charge in [0.1, 0.15) is 5.82 Å². The summed E-state index contributed by atoms with van der Waals surface area (Å²) in [6, 6.07) is 0.657. The Balaban J connectivity index is 3.40. The summed E-state index contributed by atoms with van der Waals surface area (Å²) in [5.41, 5.74) is -0.317. The molecule has 0 fully saturated rings. The molecule has 0 aliphatic heterocycles. The van der Waals surface area contributed by atoms with Crippen molar-refractivity contribution in [2.24, 2.45) is 0 Å². The van der Waals surface area contributed by atoms with Gasteiger partial charge >= 0.3 is 0 Å². The van der Waals surface area contributed by atoms with Gasteiger partial charge in [-0.25, -0.2) is 12.8 Å². The topological polar surface area (TPSA) is 74.6 Å². The Labute approximate surface area is 97.9 Å². The van der Waals surface area contributed by atoms with Gasteiger partial charge in [-0.1, -0.05) is 0 Å². The second-order valence-electron chi connectivity index (χ2n) is 2.70. The molecule has 0 spiro atoms. The lowest BCUT2D eigenvalue weighted by molar-refractivity contribution is 0.395. The number of halogens is 3. The van der Waals surface area contributed by atoms with E-state index in [0.717, 1.165) is 0 Å². The Morgan fingerprint density at radius 2 is 2.00 bits per heavy atom. The van der Waals surface area contributed by atoms with E-state index in [1.54, 1.807) is 0 Å². The minimum atomic E-state index is -3.95. The van der Waals surface area contributed by atoms with Crippen LogP contribution in [0.4, 0.5) is 4.39 Å². The van der Waals surface area contributed by atoms with Crippen LogP contribution in [0.15, 0.2) is 10.5 Å². The molecule has 1 rings (SSSR count). The van der Waals surface area contributed by atoms with Crippen LogP contribution >= 0.6 is 26.6 Å². The van der Waals surface area contributed by atoms with Crippen LogP contribution in [0.2, 0.25) is 0 Å². The van der Waals surface area contributed by atoms with Gasteiger partial charge in [-0.2, -0.15) is 0 Å². The Morgan fingerprint density at radius 1 is 1.47 bits per heavy atom. The fraction of sp³-hybridized carbons (Fsp3) is 0.143. The quantitative estimate of drug-likeness (QED) is 0.646. The molecule has 0 bridgehead atoms. The molecule has 0 saturated carbocycles. The molecule has 4 nitrogen and oxygen atoms in total. The Morgan fingerprint density at radius 3 is 2.47 bits per heavy atom. The van der Waals surface area contributed by atoms with Crippen LogP contribution in [0.1, 0.15) is 5.56 Å². The highest BCUT2D eigenvalue weighted by molar-refractivity contribution is 9.10. The molecule has 8 heteroatoms. The Hall–Kier alpha value is -0.530. The van der Waals surface area contributed by atoms with Crippen molar-refractivity contribution in [1.29, 1.82) is 0 Å². The van der Waals surface area contributed by atoms with E-state index in [1.165, 1.54) is 0 Å². The Kier molecular flexibility index (Phi) is 3.47. The average molecular weight is 320 g/mol. The first kappa shape index (κ1) is 12.5. The van der Waals surface area contributed by atoms with Crippen LogP contribution in [0.3, 0.4) is 0 Å². The van der Waals surface area contributed by atoms with E-state index < -0.39 is 32.1 Å². The summed E-state index contributed by atoms with van der Waals surface area (Å²) < 4.78 is 34.3. The van der Waals surface area contributed by atoms with Crippen molar-refractivity contribution < 1.29 is 23.0 Å². The smallest absolute Gasteiger partial charge is 0.236 e. The lowest BCUT2D eigenvalue weighted by Gasteiger charge is -2.07. The average Bonchev–Trinajstić information content (AvgIpc) is 2.08. The molecule has 0 heterocycles. The highest BCUT2D eigenvalue weighted by atomic mass is 79.9. The molecule has 0 saturated heterocycles. The van der Waals surface area contributed by atoms with Crippen molar-refractivity contribution >= 4 is 35.7 Å². The van der Waals surface area contributed by atoms with Crippen molar-refractivity contribution in [2.45, 2.75) is 5.75 Å². The maximum absolute atomic E-state index is 13.0. The number of hydrogen-bond acceptors (Lipinski definition) is 4. The van der Waals surface area contributed by atoms with Crippen molar-refractivity contribution in [3.05, 3.63) is 21.9 Å². The summed E-state index contributed by atoms with van der Waals surface area (Å²) in [6.45, 7) is 0. The molecule has 0 amide bonds. The standard InChI is InChI=1S/C7H5BrClFO4S/c8-6-3(2-15(9,13)14)7(12)5(11)1-4(6)10/h1,11-12H,2H2. The third kappa shape index (κ3) is 2.96. The molecule has 0 aliphatic rings. The SMILES string of the molecule is O=S(=O)(Cl)Cc1c(O)c(O)cc(F)c1Br. The number of phenolic OH excluding ortho intramolecular Hbond substituents is 2. The van der Waals surface area contributed by atoms with Crippen molar-refractivity contribution in [3.63, 3.8) is 0 Å². The molecule has 1 aromatic carbocycles. The molecule has 0 aliphatic carbocycles. The predicted molar refractivity (Wildman–Crippen MR) is 55.9 cm³/mol. The summed E-state index contributed by atoms with van der Waals surface area (Å²) in [5.74, 6) is -3.13. The van der Waals surface area contributed by atoms with Crippen LogP contribution in [0.5, 0.6) is 11.5 Å². The zero-order chi connectivity index (χ0) is 11.8. The highest BCUT2D eigenvalue weighted by Gasteiger charge is 2.20. The summed E-state index contributed by atoms with van der Waals surface area (Å²) in [6.07, 6.45) is 0. The summed E-state index contributed by atoms with van der Waals surface area (Å²) in [7, 11) is 1.00. The van der Waals surface area contributed by atoms with Crippen LogP contribution in [0, 0.1) is 5.82 Å². The molecule has 84 valence electrons. The zero-order valence-electron chi connectivity index (χ0n) is 7.04. The number of aromatic hydroxyl groups is 2. The first-order valence-corrected chi connectivity index (χ1v) is 6.80. The third-order valence-electron chi connectivity index (χ3n) is 1.58. The fourth-order valence-corrected chi connectivity index (χ4v) is 2.54. The molecular formula is C7H5BrClFO4S. The van der Waals surface area contributed by atoms with Gasteiger partial charge in [0, 0.05) is 22.3 Å². The molecule has 0 unspecified atom stereocenters. The van der Waals surface area contributed by atoms with Gasteiger partial charge in [-0.15, -0.1) is 0 Å². The lowest BCUT2D eigenvalue weighted by atomic mass is 10.2. The highest BCUT2D eigenvalue weighted by Crippen LogP contribution is 2.37. The van der Waals surface area contributed by atoms with Crippen LogP contribution in [-0.2, 0) is 14.8 Å². The molecule has 0 radical (unpaired) electrons. The van der Waals surface area contributed by atoms with Gasteiger partial charge in [0.2, 0.25) is 9.05 Å². The molecule has 0 aromatic heterocycles. The van der Waals surface area contributed by atoms with Crippen molar-refractivity contribution in [1.82, 2.24) is 0 Å². The number of benzene rings is 1. The van der Waals surface area contributed by atoms with E-state index in [9.17, 15) is 17.9 Å². The zero-order valence-corrected chi connectivity index (χ0v) is 10.2. The first-order valence-electron chi connectivity index (χ1n) is 3.53. The summed E-state index contributed by atoms with van der Waals surface area (Å²) in [5, 5.41) is 18.3. The largest absolute Gasteiger partial charge is 0.504 e. The second-order valence-corrected chi connectivity index (χ2v) is 6.27. The normalized spacial score (nSPS) is 11.7. The molecule has 1 aromatic rings. The van der Waals surface area contributed by atoms with E-state index >= 15 is 0 Å². The molecular weight excluding hydrogens is 314 g/mol. The molecule has 15 heavy (non-hydrogen) atoms. The van der Waals surface area contributed by atoms with E-state index in [0.29, 0.717) is 6.07 Å². The van der Waals surface area contributed by atoms with E-state index in [4.69, 9.17) is 15.8 Å². The summed E-state index contributed by atoms with van der Waals surface area (Å²) >= 11 is 2.75. The van der Waals surface area contributed by atoms with Gasteiger partial charge in [-0.05, 0) is 15.9 Å². The van der Waals surface area contributed by atoms with E-state index in [1.807, 2.05) is 0 Å². The number of hydrogen-bond donors (Lipinski definition) is 2. The minimum Gasteiger partial charge on any atom is -0.504 e. The molecule has 2 N–H and O–H groups in total. The summed E-state index contributed by atoms with van der Waals surface area (Å²) in [4.78, 5) is 0. The monoisotopic (exact) mass is 318 g/mol. The van der Waals surface area contributed by atoms with Gasteiger partial charge < -0.3 is 10.2 Å². The van der Waals surface area contributed by atoms with Crippen molar-refractivity contribution in [2.75, 3.05) is 0 Å². The van der Waals surface area contributed by atoms with E-state index in [-0.39, 0.29) is 10.0 Å². The molecule has 0 atom stereocenters. The van der Waals surface area contributed by atoms with Gasteiger partial charge in [0.25, 0.3) is 0 Å². The first-order chi connectivity index (χ1) is 6.72. The van der Waals surface area contributed by atoms with Crippen LogP contribution in [-0.4, -0.2) is 18.6 Å². The van der Waals surface area contributed by atoms with Crippen LogP contribution in [0.25, 0.3) is 0 Å². The van der Waals surface area contributed by atoms with Gasteiger partial charge in [0.05, 0.1) is 10.2 Å². The maximum atomic E-state index is 13.0. The predicted octanol–water partition coefficient (Wildman–Crippen LogP) is 2.07. The van der Waals surface area contributed by atoms with E-state index in [2.05, 4.69) is 15.9 Å². The third-order valence-corrected chi connectivity index (χ3v) is 3.40. The van der Waals surface area contributed by atoms with Gasteiger partial charge in [0.15, 0.2) is 11.5 Å². The second kappa shape index (κ2) is 4.15. The van der Waals surface area contributed by atoms with Crippen LogP contribution < -0.4 is 0 Å². The minimum absolute atomic E-state index is 0.248. The van der Waals surface area contributed by atoms with Gasteiger partial charge in [-0.3, -0.25) is 0 Å².